The van der Waals surface area contributed by atoms with Crippen LogP contribution in [0.5, 0.6) is 0 Å². The summed E-state index contributed by atoms with van der Waals surface area (Å²) < 4.78 is 2.61. The molecular formula is C9H14BrN3O. The maximum absolute atomic E-state index is 10.4. The van der Waals surface area contributed by atoms with Crippen molar-refractivity contribution in [2.45, 2.75) is 18.4 Å². The number of nitrogens with one attached hydrogen (secondary N) is 1. The maximum Gasteiger partial charge on any atom is 0.120 e. The number of rotatable bonds is 1. The maximum atomic E-state index is 10.4. The summed E-state index contributed by atoms with van der Waals surface area (Å²) in [4.78, 5) is 0. The Morgan fingerprint density at radius 3 is 3.00 bits per heavy atom. The summed E-state index contributed by atoms with van der Waals surface area (Å²) in [5.41, 5.74) is 0.0900. The molecule has 2 rings (SSSR count). The van der Waals surface area contributed by atoms with Crippen LogP contribution in [0.25, 0.3) is 0 Å². The van der Waals surface area contributed by atoms with Crippen LogP contribution in [0.2, 0.25) is 0 Å². The van der Waals surface area contributed by atoms with E-state index < -0.39 is 5.60 Å². The molecule has 4 nitrogen and oxygen atoms in total. The molecule has 2 N–H and O–H groups in total. The first-order valence-corrected chi connectivity index (χ1v) is 5.54. The lowest BCUT2D eigenvalue weighted by molar-refractivity contribution is 0.00416. The van der Waals surface area contributed by atoms with Crippen LogP contribution in [0.3, 0.4) is 0 Å². The Balaban J connectivity index is 2.36. The lowest BCUT2D eigenvalue weighted by atomic mass is 9.91. The van der Waals surface area contributed by atoms with Crippen molar-refractivity contribution in [3.63, 3.8) is 0 Å². The molecule has 1 fully saturated rings. The molecule has 0 aliphatic carbocycles. The predicted octanol–water partition coefficient (Wildman–Crippen LogP) is 0.754. The first-order valence-electron chi connectivity index (χ1n) is 4.74. The fourth-order valence-electron chi connectivity index (χ4n) is 2.03. The molecular weight excluding hydrogens is 246 g/mol. The van der Waals surface area contributed by atoms with E-state index in [1.807, 2.05) is 7.05 Å². The largest absolute Gasteiger partial charge is 0.382 e. The SMILES string of the molecule is Cn1ncc(Br)c1C1(O)CCCNC1. The molecule has 0 bridgehead atoms. The van der Waals surface area contributed by atoms with Gasteiger partial charge >= 0.3 is 0 Å². The van der Waals surface area contributed by atoms with E-state index in [9.17, 15) is 5.11 Å². The van der Waals surface area contributed by atoms with Gasteiger partial charge in [0.05, 0.1) is 16.4 Å². The molecule has 1 atom stereocenters. The van der Waals surface area contributed by atoms with Gasteiger partial charge in [0.15, 0.2) is 0 Å². The van der Waals surface area contributed by atoms with Gasteiger partial charge < -0.3 is 10.4 Å². The molecule has 0 saturated carbocycles. The number of aliphatic hydroxyl groups is 1. The van der Waals surface area contributed by atoms with Gasteiger partial charge in [0.1, 0.15) is 5.60 Å². The summed E-state index contributed by atoms with van der Waals surface area (Å²) >= 11 is 3.42. The number of nitrogens with zero attached hydrogens (tertiary/aromatic N) is 2. The molecule has 1 saturated heterocycles. The summed E-state index contributed by atoms with van der Waals surface area (Å²) in [6.45, 7) is 1.59. The van der Waals surface area contributed by atoms with Crippen LogP contribution in [0, 0.1) is 0 Å². The molecule has 0 amide bonds. The number of hydrogen-bond donors (Lipinski definition) is 2. The zero-order chi connectivity index (χ0) is 10.2. The first-order chi connectivity index (χ1) is 6.63. The van der Waals surface area contributed by atoms with E-state index in [0.29, 0.717) is 6.54 Å². The van der Waals surface area contributed by atoms with E-state index in [1.165, 1.54) is 0 Å². The quantitative estimate of drug-likeness (QED) is 0.783. The summed E-state index contributed by atoms with van der Waals surface area (Å²) in [6.07, 6.45) is 3.51. The van der Waals surface area contributed by atoms with Crippen LogP contribution in [-0.2, 0) is 12.6 Å². The van der Waals surface area contributed by atoms with Gasteiger partial charge in [0, 0.05) is 13.6 Å². The molecule has 1 unspecified atom stereocenters. The summed E-state index contributed by atoms with van der Waals surface area (Å²) in [5.74, 6) is 0. The Labute approximate surface area is 91.4 Å². The van der Waals surface area contributed by atoms with Crippen molar-refractivity contribution in [2.75, 3.05) is 13.1 Å². The molecule has 78 valence electrons. The van der Waals surface area contributed by atoms with E-state index in [2.05, 4.69) is 26.3 Å². The Hall–Kier alpha value is -0.390. The predicted molar refractivity (Wildman–Crippen MR) is 56.9 cm³/mol. The minimum Gasteiger partial charge on any atom is -0.382 e. The Bertz CT molecular complexity index is 311. The first kappa shape index (κ1) is 10.1. The van der Waals surface area contributed by atoms with Crippen molar-refractivity contribution in [2.24, 2.45) is 7.05 Å². The fourth-order valence-corrected chi connectivity index (χ4v) is 2.74. The van der Waals surface area contributed by atoms with E-state index in [0.717, 1.165) is 29.6 Å². The van der Waals surface area contributed by atoms with E-state index in [4.69, 9.17) is 0 Å². The highest BCUT2D eigenvalue weighted by molar-refractivity contribution is 9.10. The highest BCUT2D eigenvalue weighted by atomic mass is 79.9. The number of aryl methyl sites for hydroxylation is 1. The zero-order valence-electron chi connectivity index (χ0n) is 8.13. The van der Waals surface area contributed by atoms with Crippen LogP contribution in [0.4, 0.5) is 0 Å². The monoisotopic (exact) mass is 259 g/mol. The van der Waals surface area contributed by atoms with Crippen molar-refractivity contribution in [3.8, 4) is 0 Å². The Morgan fingerprint density at radius 2 is 2.50 bits per heavy atom. The highest BCUT2D eigenvalue weighted by Gasteiger charge is 2.35. The van der Waals surface area contributed by atoms with Crippen molar-refractivity contribution >= 4 is 15.9 Å². The van der Waals surface area contributed by atoms with Gasteiger partial charge in [-0.25, -0.2) is 0 Å². The third-order valence-corrected chi connectivity index (χ3v) is 3.28. The summed E-state index contributed by atoms with van der Waals surface area (Å²) in [6, 6.07) is 0. The third-order valence-electron chi connectivity index (χ3n) is 2.70. The van der Waals surface area contributed by atoms with E-state index in [1.54, 1.807) is 10.9 Å². The Kier molecular flexibility index (Phi) is 2.64. The van der Waals surface area contributed by atoms with Crippen LogP contribution in [0.15, 0.2) is 10.7 Å². The van der Waals surface area contributed by atoms with Crippen LogP contribution in [0.1, 0.15) is 18.5 Å². The van der Waals surface area contributed by atoms with Gasteiger partial charge in [-0.2, -0.15) is 5.10 Å². The van der Waals surface area contributed by atoms with Crippen LogP contribution < -0.4 is 5.32 Å². The number of halogens is 1. The lowest BCUT2D eigenvalue weighted by Crippen LogP contribution is -2.44. The minimum absolute atomic E-state index is 0.602. The molecule has 14 heavy (non-hydrogen) atoms. The second-order valence-corrected chi connectivity index (χ2v) is 4.63. The van der Waals surface area contributed by atoms with Gasteiger partial charge in [-0.05, 0) is 35.3 Å². The number of β-amino-alcohol motifs (C(OH)–C–C–N with tert-alkyl or cyclic N) is 1. The van der Waals surface area contributed by atoms with Crippen molar-refractivity contribution < 1.29 is 5.11 Å². The lowest BCUT2D eigenvalue weighted by Gasteiger charge is -2.33. The van der Waals surface area contributed by atoms with Gasteiger partial charge in [-0.3, -0.25) is 4.68 Å². The number of aromatic nitrogens is 2. The van der Waals surface area contributed by atoms with E-state index >= 15 is 0 Å². The topological polar surface area (TPSA) is 50.1 Å². The summed E-state index contributed by atoms with van der Waals surface area (Å²) in [7, 11) is 1.85. The zero-order valence-corrected chi connectivity index (χ0v) is 9.71. The minimum atomic E-state index is -0.775. The molecule has 0 aromatic carbocycles. The van der Waals surface area contributed by atoms with Crippen molar-refractivity contribution in [1.82, 2.24) is 15.1 Å². The standard InChI is InChI=1S/C9H14BrN3O/c1-13-8(7(10)5-12-13)9(14)3-2-4-11-6-9/h5,11,14H,2-4,6H2,1H3. The third kappa shape index (κ3) is 1.60. The average molecular weight is 260 g/mol. The van der Waals surface area contributed by atoms with Gasteiger partial charge in [0.2, 0.25) is 0 Å². The molecule has 1 aliphatic rings. The van der Waals surface area contributed by atoms with Crippen molar-refractivity contribution in [3.05, 3.63) is 16.4 Å². The number of piperidine rings is 1. The highest BCUT2D eigenvalue weighted by Crippen LogP contribution is 2.32. The molecule has 5 heteroatoms. The summed E-state index contributed by atoms with van der Waals surface area (Å²) in [5, 5.41) is 17.8. The molecule has 1 aromatic rings. The fraction of sp³-hybridized carbons (Fsp3) is 0.667. The van der Waals surface area contributed by atoms with Gasteiger partial charge in [-0.1, -0.05) is 0 Å². The smallest absolute Gasteiger partial charge is 0.120 e. The van der Waals surface area contributed by atoms with E-state index in [-0.39, 0.29) is 0 Å². The van der Waals surface area contributed by atoms with Crippen molar-refractivity contribution in [1.29, 1.82) is 0 Å². The molecule has 2 heterocycles. The average Bonchev–Trinajstić information content (AvgIpc) is 2.48. The Morgan fingerprint density at radius 1 is 1.71 bits per heavy atom. The molecule has 1 aromatic heterocycles. The molecule has 0 radical (unpaired) electrons. The van der Waals surface area contributed by atoms with Gasteiger partial charge in [0.25, 0.3) is 0 Å². The van der Waals surface area contributed by atoms with Crippen LogP contribution >= 0.6 is 15.9 Å². The number of hydrogen-bond acceptors (Lipinski definition) is 3. The second-order valence-electron chi connectivity index (χ2n) is 3.78. The molecule has 0 spiro atoms. The second kappa shape index (κ2) is 3.64. The van der Waals surface area contributed by atoms with Crippen LogP contribution in [-0.4, -0.2) is 28.0 Å². The normalized spacial score (nSPS) is 27.9. The molecule has 1 aliphatic heterocycles. The van der Waals surface area contributed by atoms with Gasteiger partial charge in [-0.15, -0.1) is 0 Å².